The summed E-state index contributed by atoms with van der Waals surface area (Å²) in [7, 11) is 0. The molecule has 0 bridgehead atoms. The zero-order chi connectivity index (χ0) is 17.6. The van der Waals surface area contributed by atoms with Crippen LogP contribution in [-0.4, -0.2) is 21.3 Å². The van der Waals surface area contributed by atoms with Crippen LogP contribution in [0, 0.1) is 0 Å². The van der Waals surface area contributed by atoms with E-state index in [9.17, 15) is 4.79 Å². The summed E-state index contributed by atoms with van der Waals surface area (Å²) in [5, 5.41) is 18.6. The number of rotatable bonds is 7. The number of aryl methyl sites for hydroxylation is 1. The molecule has 128 valence electrons. The molecule has 1 N–H and O–H groups in total. The number of fused-ring (bicyclic) bond motifs is 1. The van der Waals surface area contributed by atoms with Crippen LogP contribution in [0.2, 0.25) is 0 Å². The summed E-state index contributed by atoms with van der Waals surface area (Å²) in [5.41, 5.74) is 2.84. The van der Waals surface area contributed by atoms with Gasteiger partial charge in [-0.3, -0.25) is 0 Å². The van der Waals surface area contributed by atoms with Crippen LogP contribution < -0.4 is 4.74 Å². The second-order valence-electron chi connectivity index (χ2n) is 5.89. The normalized spacial score (nSPS) is 10.8. The Bertz CT molecular complexity index is 876. The Kier molecular flexibility index (Phi) is 5.23. The molecule has 0 saturated carbocycles. The maximum Gasteiger partial charge on any atom is 0.335 e. The molecule has 0 amide bonds. The zero-order valence-corrected chi connectivity index (χ0v) is 14.1. The number of carboxylic acids is 1. The third kappa shape index (κ3) is 3.94. The minimum absolute atomic E-state index is 0.267. The van der Waals surface area contributed by atoms with E-state index in [4.69, 9.17) is 9.84 Å². The van der Waals surface area contributed by atoms with E-state index in [0.717, 1.165) is 47.2 Å². The maximum absolute atomic E-state index is 10.9. The molecule has 0 aliphatic rings. The van der Waals surface area contributed by atoms with Gasteiger partial charge < -0.3 is 9.84 Å². The van der Waals surface area contributed by atoms with Crippen LogP contribution in [0.25, 0.3) is 10.9 Å². The van der Waals surface area contributed by atoms with E-state index in [1.54, 1.807) is 24.3 Å². The molecule has 1 heterocycles. The van der Waals surface area contributed by atoms with Crippen LogP contribution in [0.3, 0.4) is 0 Å². The van der Waals surface area contributed by atoms with Crippen molar-refractivity contribution in [3.05, 3.63) is 65.4 Å². The molecular formula is C20H20N2O3. The van der Waals surface area contributed by atoms with Crippen LogP contribution in [0.5, 0.6) is 5.75 Å². The molecule has 25 heavy (non-hydrogen) atoms. The number of carbonyl (C=O) groups is 1. The number of nitrogens with zero attached hydrogens (tertiary/aromatic N) is 2. The second-order valence-corrected chi connectivity index (χ2v) is 5.89. The van der Waals surface area contributed by atoms with Crippen LogP contribution >= 0.6 is 0 Å². The molecule has 0 radical (unpaired) electrons. The van der Waals surface area contributed by atoms with E-state index < -0.39 is 5.97 Å². The monoisotopic (exact) mass is 336 g/mol. The number of aromatic carboxylic acids is 1. The standard InChI is InChI=1S/C20H20N2O3/c1-2-3-7-18-19(16-6-4-5-8-17(16)21-22-18)25-13-14-9-11-15(12-10-14)20(23)24/h4-6,8-12H,2-3,7,13H2,1H3,(H,23,24). The molecule has 5 heteroatoms. The molecule has 0 aliphatic heterocycles. The number of ether oxygens (including phenoxy) is 1. The Hall–Kier alpha value is -2.95. The van der Waals surface area contributed by atoms with E-state index in [0.29, 0.717) is 6.61 Å². The average molecular weight is 336 g/mol. The number of aromatic nitrogens is 2. The third-order valence-electron chi connectivity index (χ3n) is 4.04. The van der Waals surface area contributed by atoms with Crippen molar-refractivity contribution in [2.24, 2.45) is 0 Å². The second kappa shape index (κ2) is 7.75. The number of benzene rings is 2. The number of carboxylic acid groups (broad SMARTS) is 1. The van der Waals surface area contributed by atoms with E-state index in [2.05, 4.69) is 17.1 Å². The van der Waals surface area contributed by atoms with Crippen molar-refractivity contribution in [3.63, 3.8) is 0 Å². The minimum Gasteiger partial charge on any atom is -0.486 e. The van der Waals surface area contributed by atoms with Gasteiger partial charge in [-0.1, -0.05) is 37.6 Å². The highest BCUT2D eigenvalue weighted by Gasteiger charge is 2.12. The molecule has 0 fully saturated rings. The highest BCUT2D eigenvalue weighted by atomic mass is 16.5. The highest BCUT2D eigenvalue weighted by Crippen LogP contribution is 2.28. The Morgan fingerprint density at radius 2 is 1.84 bits per heavy atom. The fourth-order valence-corrected chi connectivity index (χ4v) is 2.64. The van der Waals surface area contributed by atoms with Crippen molar-refractivity contribution in [1.82, 2.24) is 10.2 Å². The fraction of sp³-hybridized carbons (Fsp3) is 0.250. The first-order valence-electron chi connectivity index (χ1n) is 8.38. The van der Waals surface area contributed by atoms with Crippen LogP contribution in [0.4, 0.5) is 0 Å². The molecular weight excluding hydrogens is 316 g/mol. The van der Waals surface area contributed by atoms with Crippen molar-refractivity contribution in [2.75, 3.05) is 0 Å². The number of hydrogen-bond donors (Lipinski definition) is 1. The van der Waals surface area contributed by atoms with Gasteiger partial charge in [0, 0.05) is 5.39 Å². The Morgan fingerprint density at radius 1 is 1.08 bits per heavy atom. The minimum atomic E-state index is -0.932. The van der Waals surface area contributed by atoms with Crippen molar-refractivity contribution < 1.29 is 14.6 Å². The topological polar surface area (TPSA) is 72.3 Å². The van der Waals surface area contributed by atoms with E-state index in [1.165, 1.54) is 0 Å². The summed E-state index contributed by atoms with van der Waals surface area (Å²) >= 11 is 0. The molecule has 0 unspecified atom stereocenters. The van der Waals surface area contributed by atoms with Gasteiger partial charge in [0.15, 0.2) is 5.75 Å². The highest BCUT2D eigenvalue weighted by molar-refractivity contribution is 5.87. The largest absolute Gasteiger partial charge is 0.486 e. The summed E-state index contributed by atoms with van der Waals surface area (Å²) in [6.45, 7) is 2.49. The van der Waals surface area contributed by atoms with Crippen molar-refractivity contribution in [1.29, 1.82) is 0 Å². The first kappa shape index (κ1) is 16.9. The van der Waals surface area contributed by atoms with Gasteiger partial charge in [-0.2, -0.15) is 5.10 Å². The molecule has 0 spiro atoms. The average Bonchev–Trinajstić information content (AvgIpc) is 2.65. The molecule has 2 aromatic carbocycles. The molecule has 0 saturated heterocycles. The summed E-state index contributed by atoms with van der Waals surface area (Å²) in [6, 6.07) is 14.5. The van der Waals surface area contributed by atoms with Crippen molar-refractivity contribution in [2.45, 2.75) is 32.8 Å². The van der Waals surface area contributed by atoms with Gasteiger partial charge in [0.1, 0.15) is 12.3 Å². The summed E-state index contributed by atoms with van der Waals surface area (Å²) in [5.74, 6) is -0.167. The molecule has 0 atom stereocenters. The number of unbranched alkanes of at least 4 members (excludes halogenated alkanes) is 1. The van der Waals surface area contributed by atoms with Gasteiger partial charge in [-0.15, -0.1) is 5.10 Å². The number of hydrogen-bond acceptors (Lipinski definition) is 4. The van der Waals surface area contributed by atoms with Crippen LogP contribution in [0.1, 0.15) is 41.4 Å². The predicted molar refractivity (Wildman–Crippen MR) is 95.9 cm³/mol. The molecule has 0 aliphatic carbocycles. The Labute approximate surface area is 146 Å². The quantitative estimate of drug-likeness (QED) is 0.698. The van der Waals surface area contributed by atoms with Gasteiger partial charge in [0.25, 0.3) is 0 Å². The molecule has 1 aromatic heterocycles. The predicted octanol–water partition coefficient (Wildman–Crippen LogP) is 4.25. The lowest BCUT2D eigenvalue weighted by Gasteiger charge is -2.13. The fourth-order valence-electron chi connectivity index (χ4n) is 2.64. The Morgan fingerprint density at radius 3 is 2.56 bits per heavy atom. The summed E-state index contributed by atoms with van der Waals surface area (Å²) < 4.78 is 6.08. The molecule has 3 rings (SSSR count). The molecule has 5 nitrogen and oxygen atoms in total. The van der Waals surface area contributed by atoms with E-state index in [1.807, 2.05) is 24.3 Å². The van der Waals surface area contributed by atoms with Crippen molar-refractivity contribution in [3.8, 4) is 5.75 Å². The first-order chi connectivity index (χ1) is 12.2. The lowest BCUT2D eigenvalue weighted by molar-refractivity contribution is 0.0697. The maximum atomic E-state index is 10.9. The van der Waals surface area contributed by atoms with Gasteiger partial charge in [-0.25, -0.2) is 4.79 Å². The smallest absolute Gasteiger partial charge is 0.335 e. The third-order valence-corrected chi connectivity index (χ3v) is 4.04. The van der Waals surface area contributed by atoms with Gasteiger partial charge >= 0.3 is 5.97 Å². The summed E-state index contributed by atoms with van der Waals surface area (Å²) in [4.78, 5) is 10.9. The SMILES string of the molecule is CCCCc1nnc2ccccc2c1OCc1ccc(C(=O)O)cc1. The summed E-state index contributed by atoms with van der Waals surface area (Å²) in [6.07, 6.45) is 2.92. The van der Waals surface area contributed by atoms with E-state index in [-0.39, 0.29) is 5.56 Å². The zero-order valence-electron chi connectivity index (χ0n) is 14.1. The lowest BCUT2D eigenvalue weighted by Crippen LogP contribution is -2.04. The Balaban J connectivity index is 1.86. The molecule has 3 aromatic rings. The van der Waals surface area contributed by atoms with Crippen LogP contribution in [-0.2, 0) is 13.0 Å². The van der Waals surface area contributed by atoms with Crippen molar-refractivity contribution >= 4 is 16.9 Å². The van der Waals surface area contributed by atoms with Gasteiger partial charge in [-0.05, 0) is 42.7 Å². The van der Waals surface area contributed by atoms with Gasteiger partial charge in [0.05, 0.1) is 11.1 Å². The van der Waals surface area contributed by atoms with Gasteiger partial charge in [0.2, 0.25) is 0 Å². The lowest BCUT2D eigenvalue weighted by atomic mass is 10.1. The first-order valence-corrected chi connectivity index (χ1v) is 8.38. The van der Waals surface area contributed by atoms with E-state index >= 15 is 0 Å². The van der Waals surface area contributed by atoms with Crippen LogP contribution in [0.15, 0.2) is 48.5 Å².